The van der Waals surface area contributed by atoms with Crippen LogP contribution < -0.4 is 0 Å². The first-order chi connectivity index (χ1) is 5.07. The van der Waals surface area contributed by atoms with Gasteiger partial charge in [0.1, 0.15) is 0 Å². The molecule has 0 aromatic rings. The van der Waals surface area contributed by atoms with E-state index >= 15 is 0 Å². The van der Waals surface area contributed by atoms with Gasteiger partial charge in [-0.25, -0.2) is 0 Å². The summed E-state index contributed by atoms with van der Waals surface area (Å²) in [6.45, 7) is 11.9. The van der Waals surface area contributed by atoms with E-state index in [4.69, 9.17) is 4.74 Å². The topological polar surface area (TPSA) is 9.23 Å². The van der Waals surface area contributed by atoms with Crippen LogP contribution in [0, 0.1) is 11.8 Å². The van der Waals surface area contributed by atoms with Crippen molar-refractivity contribution in [2.45, 2.75) is 47.1 Å². The average Bonchev–Trinajstić information content (AvgIpc) is 1.87. The van der Waals surface area contributed by atoms with Crippen LogP contribution in [0.15, 0.2) is 0 Å². The summed E-state index contributed by atoms with van der Waals surface area (Å²) in [5, 5.41) is 0. The molecule has 1 atom stereocenters. The number of hydrogen-bond acceptors (Lipinski definition) is 1. The highest BCUT2D eigenvalue weighted by Crippen LogP contribution is 2.15. The van der Waals surface area contributed by atoms with Crippen molar-refractivity contribution in [3.8, 4) is 0 Å². The highest BCUT2D eigenvalue weighted by molar-refractivity contribution is 4.60. The zero-order valence-electron chi connectivity index (χ0n) is 8.55. The van der Waals surface area contributed by atoms with Gasteiger partial charge in [-0.3, -0.25) is 0 Å². The van der Waals surface area contributed by atoms with Gasteiger partial charge in [0.15, 0.2) is 0 Å². The van der Waals surface area contributed by atoms with E-state index in [2.05, 4.69) is 34.6 Å². The lowest BCUT2D eigenvalue weighted by atomic mass is 9.94. The molecule has 0 aliphatic rings. The third-order valence-electron chi connectivity index (χ3n) is 2.11. The van der Waals surface area contributed by atoms with Gasteiger partial charge >= 0.3 is 0 Å². The molecule has 1 nitrogen and oxygen atoms in total. The molecule has 68 valence electrons. The molecule has 0 radical (unpaired) electrons. The van der Waals surface area contributed by atoms with Crippen molar-refractivity contribution in [1.82, 2.24) is 0 Å². The third-order valence-corrected chi connectivity index (χ3v) is 2.11. The van der Waals surface area contributed by atoms with Gasteiger partial charge in [0.25, 0.3) is 0 Å². The average molecular weight is 158 g/mol. The van der Waals surface area contributed by atoms with Gasteiger partial charge in [0.05, 0.1) is 6.10 Å². The Morgan fingerprint density at radius 3 is 1.91 bits per heavy atom. The van der Waals surface area contributed by atoms with E-state index < -0.39 is 0 Å². The van der Waals surface area contributed by atoms with Crippen molar-refractivity contribution in [3.05, 3.63) is 0 Å². The van der Waals surface area contributed by atoms with Crippen molar-refractivity contribution in [1.29, 1.82) is 0 Å². The van der Waals surface area contributed by atoms with Crippen LogP contribution in [-0.4, -0.2) is 12.7 Å². The Labute approximate surface area is 71.1 Å². The number of rotatable bonds is 5. The fraction of sp³-hybridized carbons (Fsp3) is 1.00. The lowest BCUT2D eigenvalue weighted by molar-refractivity contribution is 0.0380. The zero-order chi connectivity index (χ0) is 8.85. The second kappa shape index (κ2) is 5.59. The third kappa shape index (κ3) is 5.25. The SMILES string of the molecule is CCC(COC(C)C)C(C)C. The first kappa shape index (κ1) is 11.0. The minimum absolute atomic E-state index is 0.378. The van der Waals surface area contributed by atoms with Crippen molar-refractivity contribution in [2.24, 2.45) is 11.8 Å². The van der Waals surface area contributed by atoms with Crippen LogP contribution in [0.5, 0.6) is 0 Å². The van der Waals surface area contributed by atoms with Gasteiger partial charge in [-0.05, 0) is 25.7 Å². The maximum Gasteiger partial charge on any atom is 0.0519 e. The van der Waals surface area contributed by atoms with Gasteiger partial charge in [0, 0.05) is 6.61 Å². The van der Waals surface area contributed by atoms with E-state index in [0.29, 0.717) is 6.10 Å². The molecule has 0 fully saturated rings. The second-order valence-electron chi connectivity index (χ2n) is 3.79. The van der Waals surface area contributed by atoms with Crippen molar-refractivity contribution in [3.63, 3.8) is 0 Å². The summed E-state index contributed by atoms with van der Waals surface area (Å²) < 4.78 is 5.56. The summed E-state index contributed by atoms with van der Waals surface area (Å²) in [4.78, 5) is 0. The molecule has 0 heterocycles. The van der Waals surface area contributed by atoms with E-state index in [-0.39, 0.29) is 0 Å². The smallest absolute Gasteiger partial charge is 0.0519 e. The van der Waals surface area contributed by atoms with Crippen LogP contribution in [0.2, 0.25) is 0 Å². The van der Waals surface area contributed by atoms with E-state index in [1.54, 1.807) is 0 Å². The van der Waals surface area contributed by atoms with Gasteiger partial charge in [-0.15, -0.1) is 0 Å². The minimum atomic E-state index is 0.378. The molecule has 0 saturated heterocycles. The van der Waals surface area contributed by atoms with Gasteiger partial charge < -0.3 is 4.74 Å². The van der Waals surface area contributed by atoms with Crippen molar-refractivity contribution in [2.75, 3.05) is 6.61 Å². The Morgan fingerprint density at radius 1 is 1.09 bits per heavy atom. The van der Waals surface area contributed by atoms with Crippen LogP contribution in [0.1, 0.15) is 41.0 Å². The molecule has 0 spiro atoms. The lowest BCUT2D eigenvalue weighted by Gasteiger charge is -2.20. The second-order valence-corrected chi connectivity index (χ2v) is 3.79. The molecule has 0 bridgehead atoms. The molecule has 0 N–H and O–H groups in total. The molecule has 0 rings (SSSR count). The molecule has 0 aliphatic carbocycles. The molecular weight excluding hydrogens is 136 g/mol. The predicted molar refractivity (Wildman–Crippen MR) is 49.7 cm³/mol. The molecule has 11 heavy (non-hydrogen) atoms. The Morgan fingerprint density at radius 2 is 1.64 bits per heavy atom. The van der Waals surface area contributed by atoms with Crippen LogP contribution in [-0.2, 0) is 4.74 Å². The zero-order valence-corrected chi connectivity index (χ0v) is 8.55. The Hall–Kier alpha value is -0.0400. The highest BCUT2D eigenvalue weighted by Gasteiger charge is 2.11. The van der Waals surface area contributed by atoms with E-state index in [0.717, 1.165) is 18.4 Å². The fourth-order valence-corrected chi connectivity index (χ4v) is 1.10. The van der Waals surface area contributed by atoms with E-state index in [1.807, 2.05) is 0 Å². The van der Waals surface area contributed by atoms with Crippen molar-refractivity contribution >= 4 is 0 Å². The summed E-state index contributed by atoms with van der Waals surface area (Å²) in [5.41, 5.74) is 0. The van der Waals surface area contributed by atoms with Crippen LogP contribution >= 0.6 is 0 Å². The molecule has 1 heteroatoms. The molecule has 0 aromatic heterocycles. The standard InChI is InChI=1S/C10H22O/c1-6-10(8(2)3)7-11-9(4)5/h8-10H,6-7H2,1-5H3. The lowest BCUT2D eigenvalue weighted by Crippen LogP contribution is -2.17. The Balaban J connectivity index is 3.52. The minimum Gasteiger partial charge on any atom is -0.378 e. The summed E-state index contributed by atoms with van der Waals surface area (Å²) in [6, 6.07) is 0. The molecule has 1 unspecified atom stereocenters. The molecule has 0 aliphatic heterocycles. The van der Waals surface area contributed by atoms with E-state index in [1.165, 1.54) is 6.42 Å². The summed E-state index contributed by atoms with van der Waals surface area (Å²) in [5.74, 6) is 1.48. The Bertz CT molecular complexity index is 86.9. The number of ether oxygens (including phenoxy) is 1. The maximum absolute atomic E-state index is 5.56. The summed E-state index contributed by atoms with van der Waals surface area (Å²) in [7, 11) is 0. The van der Waals surface area contributed by atoms with Crippen LogP contribution in [0.3, 0.4) is 0 Å². The number of hydrogen-bond donors (Lipinski definition) is 0. The maximum atomic E-state index is 5.56. The first-order valence-electron chi connectivity index (χ1n) is 4.69. The predicted octanol–water partition coefficient (Wildman–Crippen LogP) is 3.09. The van der Waals surface area contributed by atoms with Gasteiger partial charge in [-0.2, -0.15) is 0 Å². The van der Waals surface area contributed by atoms with Gasteiger partial charge in [0.2, 0.25) is 0 Å². The van der Waals surface area contributed by atoms with Crippen LogP contribution in [0.4, 0.5) is 0 Å². The monoisotopic (exact) mass is 158 g/mol. The highest BCUT2D eigenvalue weighted by atomic mass is 16.5. The molecule has 0 amide bonds. The molecule has 0 saturated carbocycles. The van der Waals surface area contributed by atoms with E-state index in [9.17, 15) is 0 Å². The largest absolute Gasteiger partial charge is 0.378 e. The molecule has 0 aromatic carbocycles. The van der Waals surface area contributed by atoms with Crippen LogP contribution in [0.25, 0.3) is 0 Å². The quantitative estimate of drug-likeness (QED) is 0.597. The Kier molecular flexibility index (Phi) is 5.57. The first-order valence-corrected chi connectivity index (χ1v) is 4.69. The van der Waals surface area contributed by atoms with Crippen molar-refractivity contribution < 1.29 is 4.74 Å². The fourth-order valence-electron chi connectivity index (χ4n) is 1.10. The summed E-state index contributed by atoms with van der Waals surface area (Å²) in [6.07, 6.45) is 1.60. The van der Waals surface area contributed by atoms with Gasteiger partial charge in [-0.1, -0.05) is 27.2 Å². The normalized spacial score (nSPS) is 14.5. The molecular formula is C10H22O. The summed E-state index contributed by atoms with van der Waals surface area (Å²) >= 11 is 0.